The number of pyridine rings is 1. The molecule has 0 atom stereocenters. The minimum atomic E-state index is -0.237. The van der Waals surface area contributed by atoms with E-state index in [2.05, 4.69) is 10.3 Å². The average Bonchev–Trinajstić information content (AvgIpc) is 3.27. The van der Waals surface area contributed by atoms with Crippen molar-refractivity contribution in [3.05, 3.63) is 95.4 Å². The van der Waals surface area contributed by atoms with Crippen molar-refractivity contribution in [1.82, 2.24) is 14.3 Å². The molecule has 0 radical (unpaired) electrons. The van der Waals surface area contributed by atoms with E-state index in [9.17, 15) is 9.59 Å². The van der Waals surface area contributed by atoms with Crippen LogP contribution in [0.25, 0.3) is 5.65 Å². The Balaban J connectivity index is 1.32. The third-order valence-corrected chi connectivity index (χ3v) is 5.62. The first kappa shape index (κ1) is 23.0. The van der Waals surface area contributed by atoms with E-state index >= 15 is 0 Å². The highest BCUT2D eigenvalue weighted by molar-refractivity contribution is 5.99. The van der Waals surface area contributed by atoms with Crippen molar-refractivity contribution < 1.29 is 14.3 Å². The van der Waals surface area contributed by atoms with E-state index in [4.69, 9.17) is 4.74 Å². The highest BCUT2D eigenvalue weighted by atomic mass is 16.5. The van der Waals surface area contributed by atoms with Crippen molar-refractivity contribution in [2.24, 2.45) is 0 Å². The molecule has 7 nitrogen and oxygen atoms in total. The summed E-state index contributed by atoms with van der Waals surface area (Å²) in [7, 11) is 1.61. The number of carbonyl (C=O) groups excluding carboxylic acids is 2. The van der Waals surface area contributed by atoms with Crippen molar-refractivity contribution >= 4 is 23.1 Å². The molecule has 0 fully saturated rings. The van der Waals surface area contributed by atoms with Crippen molar-refractivity contribution in [3.8, 4) is 5.75 Å². The quantitative estimate of drug-likeness (QED) is 0.424. The molecule has 1 N–H and O–H groups in total. The Morgan fingerprint density at radius 3 is 2.56 bits per heavy atom. The molecule has 34 heavy (non-hydrogen) atoms. The number of nitrogens with one attached hydrogen (secondary N) is 1. The van der Waals surface area contributed by atoms with Gasteiger partial charge < -0.3 is 19.4 Å². The van der Waals surface area contributed by atoms with Crippen LogP contribution in [0.2, 0.25) is 0 Å². The lowest BCUT2D eigenvalue weighted by molar-refractivity contribution is -0.116. The third-order valence-electron chi connectivity index (χ3n) is 5.62. The van der Waals surface area contributed by atoms with Crippen LogP contribution in [0.4, 0.5) is 5.69 Å². The number of benzene rings is 2. The van der Waals surface area contributed by atoms with Crippen LogP contribution in [-0.4, -0.2) is 39.7 Å². The third kappa shape index (κ3) is 5.26. The first-order valence-corrected chi connectivity index (χ1v) is 11.2. The molecule has 0 saturated carbocycles. The van der Waals surface area contributed by atoms with Gasteiger partial charge in [-0.05, 0) is 60.9 Å². The maximum absolute atomic E-state index is 12.8. The number of fused-ring (bicyclic) bond motifs is 1. The average molecular weight is 457 g/mol. The topological polar surface area (TPSA) is 75.9 Å². The van der Waals surface area contributed by atoms with E-state index in [0.29, 0.717) is 17.9 Å². The standard InChI is InChI=1S/C27H28N4O3/c1-4-20-9-5-6-10-24(20)29-25(32)17-30(3)27(33)21-11-13-23(14-12-21)34-18-22-16-31-15-7-8-19(2)26(31)28-22/h5-16H,4,17-18H2,1-3H3,(H,29,32). The largest absolute Gasteiger partial charge is 0.487 e. The summed E-state index contributed by atoms with van der Waals surface area (Å²) >= 11 is 0. The zero-order valence-corrected chi connectivity index (χ0v) is 19.6. The summed E-state index contributed by atoms with van der Waals surface area (Å²) in [5.74, 6) is 0.169. The number of nitrogens with zero attached hydrogens (tertiary/aromatic N) is 3. The summed E-state index contributed by atoms with van der Waals surface area (Å²) in [5, 5.41) is 2.89. The second kappa shape index (κ2) is 10.2. The van der Waals surface area contributed by atoms with Crippen LogP contribution in [0.15, 0.2) is 73.1 Å². The Kier molecular flexibility index (Phi) is 6.92. The van der Waals surface area contributed by atoms with Crippen LogP contribution in [0, 0.1) is 6.92 Å². The number of rotatable bonds is 8. The number of aryl methyl sites for hydroxylation is 2. The number of ether oxygens (including phenoxy) is 1. The zero-order chi connectivity index (χ0) is 24.1. The van der Waals surface area contributed by atoms with Gasteiger partial charge in [-0.1, -0.05) is 31.2 Å². The van der Waals surface area contributed by atoms with E-state index in [1.807, 2.05) is 67.0 Å². The SMILES string of the molecule is CCc1ccccc1NC(=O)CN(C)C(=O)c1ccc(OCc2cn3cccc(C)c3n2)cc1. The lowest BCUT2D eigenvalue weighted by Crippen LogP contribution is -2.35. The molecule has 4 aromatic rings. The molecule has 174 valence electrons. The molecule has 0 aliphatic heterocycles. The van der Waals surface area contributed by atoms with Crippen LogP contribution >= 0.6 is 0 Å². The fraction of sp³-hybridized carbons (Fsp3) is 0.222. The van der Waals surface area contributed by atoms with Gasteiger partial charge in [-0.2, -0.15) is 0 Å². The molecule has 7 heteroatoms. The molecule has 4 rings (SSSR count). The minimum Gasteiger partial charge on any atom is -0.487 e. The molecular weight excluding hydrogens is 428 g/mol. The van der Waals surface area contributed by atoms with Gasteiger partial charge in [0.1, 0.15) is 18.0 Å². The van der Waals surface area contributed by atoms with Gasteiger partial charge in [0.05, 0.1) is 12.2 Å². The molecule has 2 heterocycles. The van der Waals surface area contributed by atoms with Crippen molar-refractivity contribution in [1.29, 1.82) is 0 Å². The normalized spacial score (nSPS) is 10.8. The van der Waals surface area contributed by atoms with E-state index in [0.717, 1.165) is 34.6 Å². The van der Waals surface area contributed by atoms with Crippen LogP contribution in [-0.2, 0) is 17.8 Å². The number of hydrogen-bond donors (Lipinski definition) is 1. The Labute approximate surface area is 199 Å². The maximum atomic E-state index is 12.8. The number of likely N-dealkylation sites (N-methyl/N-ethyl adjacent to an activating group) is 1. The second-order valence-corrected chi connectivity index (χ2v) is 8.19. The number of para-hydroxylation sites is 1. The lowest BCUT2D eigenvalue weighted by Gasteiger charge is -2.18. The molecule has 0 aliphatic carbocycles. The highest BCUT2D eigenvalue weighted by Crippen LogP contribution is 2.18. The smallest absolute Gasteiger partial charge is 0.254 e. The van der Waals surface area contributed by atoms with Crippen LogP contribution < -0.4 is 10.1 Å². The molecule has 0 saturated heterocycles. The monoisotopic (exact) mass is 456 g/mol. The van der Waals surface area contributed by atoms with Gasteiger partial charge in [0.15, 0.2) is 0 Å². The van der Waals surface area contributed by atoms with E-state index in [-0.39, 0.29) is 18.4 Å². The van der Waals surface area contributed by atoms with Gasteiger partial charge in [0, 0.05) is 30.7 Å². The molecular formula is C27H28N4O3. The first-order chi connectivity index (χ1) is 16.4. The highest BCUT2D eigenvalue weighted by Gasteiger charge is 2.16. The molecule has 2 amide bonds. The predicted octanol–water partition coefficient (Wildman–Crippen LogP) is 4.49. The summed E-state index contributed by atoms with van der Waals surface area (Å²) in [6, 6.07) is 18.6. The van der Waals surface area contributed by atoms with Gasteiger partial charge >= 0.3 is 0 Å². The summed E-state index contributed by atoms with van der Waals surface area (Å²) in [5.41, 5.74) is 5.15. The van der Waals surface area contributed by atoms with E-state index in [1.165, 1.54) is 4.90 Å². The Morgan fingerprint density at radius 2 is 1.82 bits per heavy atom. The Bertz CT molecular complexity index is 1310. The number of carbonyl (C=O) groups is 2. The number of aromatic nitrogens is 2. The summed E-state index contributed by atoms with van der Waals surface area (Å²) in [6.45, 7) is 4.34. The number of anilines is 1. The van der Waals surface area contributed by atoms with Crippen LogP contribution in [0.5, 0.6) is 5.75 Å². The fourth-order valence-corrected chi connectivity index (χ4v) is 3.77. The van der Waals surface area contributed by atoms with Crippen molar-refractivity contribution in [3.63, 3.8) is 0 Å². The first-order valence-electron chi connectivity index (χ1n) is 11.2. The van der Waals surface area contributed by atoms with Gasteiger partial charge in [0.25, 0.3) is 5.91 Å². The maximum Gasteiger partial charge on any atom is 0.254 e. The summed E-state index contributed by atoms with van der Waals surface area (Å²) in [4.78, 5) is 31.2. The molecule has 0 aliphatic rings. The number of amides is 2. The van der Waals surface area contributed by atoms with Gasteiger partial charge in [-0.3, -0.25) is 9.59 Å². The van der Waals surface area contributed by atoms with Crippen LogP contribution in [0.3, 0.4) is 0 Å². The van der Waals surface area contributed by atoms with Crippen molar-refractivity contribution in [2.45, 2.75) is 26.9 Å². The molecule has 0 unspecified atom stereocenters. The van der Waals surface area contributed by atoms with Crippen LogP contribution in [0.1, 0.15) is 34.1 Å². The Morgan fingerprint density at radius 1 is 1.06 bits per heavy atom. The van der Waals surface area contributed by atoms with E-state index in [1.54, 1.807) is 31.3 Å². The molecule has 2 aromatic heterocycles. The zero-order valence-electron chi connectivity index (χ0n) is 19.6. The second-order valence-electron chi connectivity index (χ2n) is 8.19. The van der Waals surface area contributed by atoms with Gasteiger partial charge in [0.2, 0.25) is 5.91 Å². The van der Waals surface area contributed by atoms with E-state index < -0.39 is 0 Å². The molecule has 2 aromatic carbocycles. The minimum absolute atomic E-state index is 0.0393. The van der Waals surface area contributed by atoms with Crippen molar-refractivity contribution in [2.75, 3.05) is 18.9 Å². The number of imidazole rings is 1. The lowest BCUT2D eigenvalue weighted by atomic mass is 10.1. The van der Waals surface area contributed by atoms with Gasteiger partial charge in [-0.15, -0.1) is 0 Å². The predicted molar refractivity (Wildman–Crippen MR) is 132 cm³/mol. The fourth-order valence-electron chi connectivity index (χ4n) is 3.77. The summed E-state index contributed by atoms with van der Waals surface area (Å²) in [6.07, 6.45) is 4.72. The molecule has 0 spiro atoms. The molecule has 0 bridgehead atoms. The Hall–Kier alpha value is -4.13. The number of hydrogen-bond acceptors (Lipinski definition) is 4. The summed E-state index contributed by atoms with van der Waals surface area (Å²) < 4.78 is 7.82. The van der Waals surface area contributed by atoms with Gasteiger partial charge in [-0.25, -0.2) is 4.98 Å².